The number of aryl methyl sites for hydroxylation is 2. The standard InChI is InChI=1S/C22H30FN5O3S/c1-17-22(32(30,31)27-10-3-4-11-27)18(2)28(24-17)12-9-21(29)26-15-13-25(14-16-26)20-7-5-19(23)6-8-20/h5-8H,3-4,9-16H2,1-2H3. The maximum absolute atomic E-state index is 13.1. The molecule has 2 aliphatic heterocycles. The highest BCUT2D eigenvalue weighted by Crippen LogP contribution is 2.26. The van der Waals surface area contributed by atoms with E-state index in [4.69, 9.17) is 0 Å². The third-order valence-electron chi connectivity index (χ3n) is 6.34. The first-order valence-electron chi connectivity index (χ1n) is 11.1. The van der Waals surface area contributed by atoms with Crippen molar-refractivity contribution >= 4 is 21.6 Å². The van der Waals surface area contributed by atoms with Gasteiger partial charge in [0.1, 0.15) is 10.7 Å². The maximum atomic E-state index is 13.1. The molecule has 0 atom stereocenters. The third kappa shape index (κ3) is 4.52. The zero-order chi connectivity index (χ0) is 22.9. The number of aromatic nitrogens is 2. The SMILES string of the molecule is Cc1nn(CCC(=O)N2CCN(c3ccc(F)cc3)CC2)c(C)c1S(=O)(=O)N1CCCC1. The van der Waals surface area contributed by atoms with Gasteiger partial charge < -0.3 is 9.80 Å². The Morgan fingerprint density at radius 3 is 2.25 bits per heavy atom. The molecule has 4 rings (SSSR count). The predicted octanol–water partition coefficient (Wildman–Crippen LogP) is 2.16. The van der Waals surface area contributed by atoms with Crippen LogP contribution < -0.4 is 4.90 Å². The number of piperazine rings is 1. The molecule has 2 fully saturated rings. The molecular weight excluding hydrogens is 433 g/mol. The lowest BCUT2D eigenvalue weighted by molar-refractivity contribution is -0.131. The minimum Gasteiger partial charge on any atom is -0.368 e. The van der Waals surface area contributed by atoms with Crippen molar-refractivity contribution in [1.29, 1.82) is 0 Å². The summed E-state index contributed by atoms with van der Waals surface area (Å²) in [6.45, 7) is 7.50. The number of carbonyl (C=O) groups is 1. The maximum Gasteiger partial charge on any atom is 0.246 e. The largest absolute Gasteiger partial charge is 0.368 e. The van der Waals surface area contributed by atoms with E-state index in [1.165, 1.54) is 16.4 Å². The van der Waals surface area contributed by atoms with Gasteiger partial charge in [-0.3, -0.25) is 9.48 Å². The van der Waals surface area contributed by atoms with Crippen LogP contribution in [-0.4, -0.2) is 72.6 Å². The number of anilines is 1. The molecule has 0 N–H and O–H groups in total. The highest BCUT2D eigenvalue weighted by Gasteiger charge is 2.32. The minimum atomic E-state index is -3.55. The van der Waals surface area contributed by atoms with Crippen LogP contribution in [0.4, 0.5) is 10.1 Å². The molecule has 1 aromatic carbocycles. The molecule has 2 aromatic rings. The average molecular weight is 464 g/mol. The van der Waals surface area contributed by atoms with Crippen LogP contribution in [0.2, 0.25) is 0 Å². The molecule has 0 bridgehead atoms. The van der Waals surface area contributed by atoms with Crippen molar-refractivity contribution in [3.8, 4) is 0 Å². The Hall–Kier alpha value is -2.46. The second-order valence-electron chi connectivity index (χ2n) is 8.43. The predicted molar refractivity (Wildman–Crippen MR) is 120 cm³/mol. The number of rotatable bonds is 6. The van der Waals surface area contributed by atoms with Crippen molar-refractivity contribution in [3.63, 3.8) is 0 Å². The third-order valence-corrected chi connectivity index (χ3v) is 8.49. The Bertz CT molecular complexity index is 1070. The first kappa shape index (κ1) is 22.7. The van der Waals surface area contributed by atoms with E-state index in [-0.39, 0.29) is 23.0 Å². The van der Waals surface area contributed by atoms with Gasteiger partial charge in [-0.05, 0) is 51.0 Å². The van der Waals surface area contributed by atoms with Crippen LogP contribution in [0, 0.1) is 19.7 Å². The normalized spacial score (nSPS) is 17.8. The second-order valence-corrected chi connectivity index (χ2v) is 10.3. The van der Waals surface area contributed by atoms with Gasteiger partial charge in [0.05, 0.1) is 17.9 Å². The molecular formula is C22H30FN5O3S. The lowest BCUT2D eigenvalue weighted by Crippen LogP contribution is -2.49. The Morgan fingerprint density at radius 2 is 1.62 bits per heavy atom. The van der Waals surface area contributed by atoms with Crippen molar-refractivity contribution in [3.05, 3.63) is 41.5 Å². The van der Waals surface area contributed by atoms with E-state index in [9.17, 15) is 17.6 Å². The van der Waals surface area contributed by atoms with E-state index >= 15 is 0 Å². The summed E-state index contributed by atoms with van der Waals surface area (Å²) in [4.78, 5) is 17.0. The number of amides is 1. The van der Waals surface area contributed by atoms with Gasteiger partial charge in [-0.2, -0.15) is 9.40 Å². The van der Waals surface area contributed by atoms with Gasteiger partial charge in [0.25, 0.3) is 0 Å². The van der Waals surface area contributed by atoms with Crippen LogP contribution in [0.3, 0.4) is 0 Å². The Labute approximate surface area is 188 Å². The fourth-order valence-corrected chi connectivity index (χ4v) is 6.44. The molecule has 3 heterocycles. The summed E-state index contributed by atoms with van der Waals surface area (Å²) in [7, 11) is -3.55. The van der Waals surface area contributed by atoms with Crippen LogP contribution >= 0.6 is 0 Å². The summed E-state index contributed by atoms with van der Waals surface area (Å²) in [5.74, 6) is -0.233. The number of halogens is 1. The first-order chi connectivity index (χ1) is 15.3. The zero-order valence-electron chi connectivity index (χ0n) is 18.6. The van der Waals surface area contributed by atoms with Crippen LogP contribution in [0.15, 0.2) is 29.2 Å². The molecule has 2 saturated heterocycles. The van der Waals surface area contributed by atoms with Gasteiger partial charge in [0.2, 0.25) is 15.9 Å². The van der Waals surface area contributed by atoms with Gasteiger partial charge in [0.15, 0.2) is 0 Å². The molecule has 10 heteroatoms. The molecule has 2 aliphatic rings. The number of benzene rings is 1. The fourth-order valence-electron chi connectivity index (χ4n) is 4.55. The number of hydrogen-bond donors (Lipinski definition) is 0. The second kappa shape index (κ2) is 9.19. The van der Waals surface area contributed by atoms with E-state index in [2.05, 4.69) is 10.00 Å². The highest BCUT2D eigenvalue weighted by molar-refractivity contribution is 7.89. The molecule has 174 valence electrons. The quantitative estimate of drug-likeness (QED) is 0.656. The Balaban J connectivity index is 1.35. The summed E-state index contributed by atoms with van der Waals surface area (Å²) in [6.07, 6.45) is 2.03. The molecule has 0 aliphatic carbocycles. The summed E-state index contributed by atoms with van der Waals surface area (Å²) in [5.41, 5.74) is 2.02. The van der Waals surface area contributed by atoms with Crippen LogP contribution in [0.25, 0.3) is 0 Å². The Morgan fingerprint density at radius 1 is 1.00 bits per heavy atom. The van der Waals surface area contributed by atoms with Gasteiger partial charge in [0, 0.05) is 51.4 Å². The molecule has 1 amide bonds. The van der Waals surface area contributed by atoms with E-state index < -0.39 is 10.0 Å². The molecule has 1 aromatic heterocycles. The number of carbonyl (C=O) groups excluding carboxylic acids is 1. The first-order valence-corrected chi connectivity index (χ1v) is 12.5. The van der Waals surface area contributed by atoms with Crippen molar-refractivity contribution < 1.29 is 17.6 Å². The molecule has 0 saturated carbocycles. The van der Waals surface area contributed by atoms with E-state index in [1.807, 2.05) is 4.90 Å². The van der Waals surface area contributed by atoms with Gasteiger partial charge in [-0.1, -0.05) is 0 Å². The number of sulfonamides is 1. The summed E-state index contributed by atoms with van der Waals surface area (Å²) < 4.78 is 42.3. The van der Waals surface area contributed by atoms with Crippen molar-refractivity contribution in [2.24, 2.45) is 0 Å². The molecule has 0 spiro atoms. The van der Waals surface area contributed by atoms with E-state index in [0.717, 1.165) is 18.5 Å². The summed E-state index contributed by atoms with van der Waals surface area (Å²) in [6, 6.07) is 6.39. The van der Waals surface area contributed by atoms with Crippen LogP contribution in [0.1, 0.15) is 30.7 Å². The lowest BCUT2D eigenvalue weighted by atomic mass is 10.2. The monoisotopic (exact) mass is 463 g/mol. The Kier molecular flexibility index (Phi) is 6.52. The van der Waals surface area contributed by atoms with Crippen LogP contribution in [0.5, 0.6) is 0 Å². The molecule has 32 heavy (non-hydrogen) atoms. The van der Waals surface area contributed by atoms with Crippen molar-refractivity contribution in [1.82, 2.24) is 19.0 Å². The van der Waals surface area contributed by atoms with E-state index in [0.29, 0.717) is 57.2 Å². The highest BCUT2D eigenvalue weighted by atomic mass is 32.2. The average Bonchev–Trinajstić information content (AvgIpc) is 3.42. The van der Waals surface area contributed by atoms with Crippen LogP contribution in [-0.2, 0) is 21.4 Å². The molecule has 8 nitrogen and oxygen atoms in total. The van der Waals surface area contributed by atoms with Gasteiger partial charge >= 0.3 is 0 Å². The van der Waals surface area contributed by atoms with Gasteiger partial charge in [-0.25, -0.2) is 12.8 Å². The minimum absolute atomic E-state index is 0.0280. The fraction of sp³-hybridized carbons (Fsp3) is 0.545. The van der Waals surface area contributed by atoms with E-state index in [1.54, 1.807) is 30.7 Å². The number of hydrogen-bond acceptors (Lipinski definition) is 5. The lowest BCUT2D eigenvalue weighted by Gasteiger charge is -2.36. The zero-order valence-corrected chi connectivity index (χ0v) is 19.4. The molecule has 0 radical (unpaired) electrons. The van der Waals surface area contributed by atoms with Crippen molar-refractivity contribution in [2.75, 3.05) is 44.2 Å². The smallest absolute Gasteiger partial charge is 0.246 e. The summed E-state index contributed by atoms with van der Waals surface area (Å²) in [5, 5.41) is 4.42. The van der Waals surface area contributed by atoms with Gasteiger partial charge in [-0.15, -0.1) is 0 Å². The summed E-state index contributed by atoms with van der Waals surface area (Å²) >= 11 is 0. The van der Waals surface area contributed by atoms with Crippen molar-refractivity contribution in [2.45, 2.75) is 44.6 Å². The number of nitrogens with zero attached hydrogens (tertiary/aromatic N) is 5. The topological polar surface area (TPSA) is 78.8 Å². The molecule has 0 unspecified atom stereocenters.